The van der Waals surface area contributed by atoms with E-state index in [0.717, 1.165) is 30.4 Å². The Balaban J connectivity index is 2.49. The molecule has 0 aliphatic rings. The van der Waals surface area contributed by atoms with Crippen LogP contribution in [0.1, 0.15) is 20.3 Å². The van der Waals surface area contributed by atoms with Crippen LogP contribution in [0.2, 0.25) is 0 Å². The lowest BCUT2D eigenvalue weighted by molar-refractivity contribution is 0.678. The van der Waals surface area contributed by atoms with Gasteiger partial charge in [-0.3, -0.25) is 4.21 Å². The van der Waals surface area contributed by atoms with Gasteiger partial charge in [0.15, 0.2) is 0 Å². The van der Waals surface area contributed by atoms with E-state index in [2.05, 4.69) is 22.5 Å². The smallest absolute Gasteiger partial charge is 0.128 e. The second-order valence-electron chi connectivity index (χ2n) is 4.05. The fraction of sp³-hybridized carbons (Fsp3) is 0.583. The lowest BCUT2D eigenvalue weighted by Gasteiger charge is -2.14. The third-order valence-corrected chi connectivity index (χ3v) is 3.15. The minimum atomic E-state index is -0.724. The van der Waals surface area contributed by atoms with Crippen molar-refractivity contribution in [1.82, 2.24) is 4.98 Å². The molecule has 0 aromatic carbocycles. The SMILES string of the molecule is CCNc1cccc(NC(C)CCS(C)=O)n1. The summed E-state index contributed by atoms with van der Waals surface area (Å²) in [7, 11) is -0.724. The van der Waals surface area contributed by atoms with Gasteiger partial charge in [0, 0.05) is 35.4 Å². The fourth-order valence-electron chi connectivity index (χ4n) is 1.46. The topological polar surface area (TPSA) is 54.0 Å². The zero-order chi connectivity index (χ0) is 12.7. The number of rotatable bonds is 7. The van der Waals surface area contributed by atoms with Gasteiger partial charge in [0.25, 0.3) is 0 Å². The number of hydrogen-bond acceptors (Lipinski definition) is 4. The molecule has 2 atom stereocenters. The van der Waals surface area contributed by atoms with Gasteiger partial charge in [-0.25, -0.2) is 4.98 Å². The molecule has 0 amide bonds. The van der Waals surface area contributed by atoms with E-state index >= 15 is 0 Å². The summed E-state index contributed by atoms with van der Waals surface area (Å²) in [6.07, 6.45) is 2.62. The van der Waals surface area contributed by atoms with Crippen LogP contribution < -0.4 is 10.6 Å². The molecule has 0 saturated heterocycles. The van der Waals surface area contributed by atoms with Crippen LogP contribution in [0.25, 0.3) is 0 Å². The quantitative estimate of drug-likeness (QED) is 0.783. The highest BCUT2D eigenvalue weighted by atomic mass is 32.2. The fourth-order valence-corrected chi connectivity index (χ4v) is 2.15. The molecule has 0 bridgehead atoms. The van der Waals surface area contributed by atoms with Gasteiger partial charge < -0.3 is 10.6 Å². The molecule has 5 heteroatoms. The van der Waals surface area contributed by atoms with Crippen LogP contribution in [0.3, 0.4) is 0 Å². The summed E-state index contributed by atoms with van der Waals surface area (Å²) in [4.78, 5) is 4.43. The molecule has 96 valence electrons. The van der Waals surface area contributed by atoms with Crippen LogP contribution in [0.5, 0.6) is 0 Å². The van der Waals surface area contributed by atoms with E-state index in [1.807, 2.05) is 25.1 Å². The Hall–Kier alpha value is -1.10. The molecule has 0 spiro atoms. The van der Waals surface area contributed by atoms with Gasteiger partial charge in [0.2, 0.25) is 0 Å². The molecular formula is C12H21N3OS. The second kappa shape index (κ2) is 7.27. The van der Waals surface area contributed by atoms with Crippen molar-refractivity contribution in [3.05, 3.63) is 18.2 Å². The van der Waals surface area contributed by atoms with E-state index in [9.17, 15) is 4.21 Å². The first-order valence-corrected chi connectivity index (χ1v) is 7.62. The normalized spacial score (nSPS) is 14.1. The zero-order valence-electron chi connectivity index (χ0n) is 10.7. The summed E-state index contributed by atoms with van der Waals surface area (Å²) in [5, 5.41) is 6.48. The van der Waals surface area contributed by atoms with Crippen LogP contribution in [0, 0.1) is 0 Å². The standard InChI is InChI=1S/C12H21N3OS/c1-4-13-11-6-5-7-12(15-11)14-10(2)8-9-17(3)16/h5-7,10H,4,8-9H2,1-3H3,(H2,13,14,15). The van der Waals surface area contributed by atoms with Crippen molar-refractivity contribution >= 4 is 22.4 Å². The third-order valence-electron chi connectivity index (χ3n) is 2.34. The first-order valence-electron chi connectivity index (χ1n) is 5.89. The van der Waals surface area contributed by atoms with E-state index in [1.165, 1.54) is 0 Å². The summed E-state index contributed by atoms with van der Waals surface area (Å²) in [5.41, 5.74) is 0. The van der Waals surface area contributed by atoms with Crippen molar-refractivity contribution in [2.45, 2.75) is 26.3 Å². The predicted octanol–water partition coefficient (Wildman–Crippen LogP) is 2.08. The minimum absolute atomic E-state index is 0.281. The number of pyridine rings is 1. The Morgan fingerprint density at radius 2 is 2.12 bits per heavy atom. The van der Waals surface area contributed by atoms with Crippen LogP contribution >= 0.6 is 0 Å². The lowest BCUT2D eigenvalue weighted by atomic mass is 10.2. The van der Waals surface area contributed by atoms with Crippen molar-refractivity contribution in [3.8, 4) is 0 Å². The highest BCUT2D eigenvalue weighted by Gasteiger charge is 2.04. The van der Waals surface area contributed by atoms with Crippen molar-refractivity contribution in [2.75, 3.05) is 29.2 Å². The summed E-state index contributed by atoms with van der Waals surface area (Å²) < 4.78 is 11.0. The summed E-state index contributed by atoms with van der Waals surface area (Å²) in [6, 6.07) is 6.14. The van der Waals surface area contributed by atoms with E-state index in [-0.39, 0.29) is 6.04 Å². The van der Waals surface area contributed by atoms with E-state index in [4.69, 9.17) is 0 Å². The molecule has 0 radical (unpaired) electrons. The minimum Gasteiger partial charge on any atom is -0.370 e. The number of anilines is 2. The molecule has 0 aliphatic carbocycles. The van der Waals surface area contributed by atoms with Gasteiger partial charge in [-0.05, 0) is 32.4 Å². The lowest BCUT2D eigenvalue weighted by Crippen LogP contribution is -2.18. The Morgan fingerprint density at radius 3 is 2.76 bits per heavy atom. The highest BCUT2D eigenvalue weighted by molar-refractivity contribution is 7.84. The van der Waals surface area contributed by atoms with Crippen molar-refractivity contribution in [3.63, 3.8) is 0 Å². The molecule has 1 heterocycles. The average molecular weight is 255 g/mol. The maximum absolute atomic E-state index is 11.0. The van der Waals surface area contributed by atoms with Crippen LogP contribution in [-0.4, -0.2) is 33.8 Å². The van der Waals surface area contributed by atoms with Crippen LogP contribution in [0.15, 0.2) is 18.2 Å². The van der Waals surface area contributed by atoms with Crippen LogP contribution in [0.4, 0.5) is 11.6 Å². The molecule has 2 unspecified atom stereocenters. The molecule has 1 aromatic heterocycles. The van der Waals surface area contributed by atoms with Gasteiger partial charge in [-0.15, -0.1) is 0 Å². The molecule has 17 heavy (non-hydrogen) atoms. The van der Waals surface area contributed by atoms with E-state index in [0.29, 0.717) is 0 Å². The number of nitrogens with zero attached hydrogens (tertiary/aromatic N) is 1. The molecule has 0 fully saturated rings. The molecule has 4 nitrogen and oxygen atoms in total. The monoisotopic (exact) mass is 255 g/mol. The molecular weight excluding hydrogens is 234 g/mol. The molecule has 2 N–H and O–H groups in total. The Morgan fingerprint density at radius 1 is 1.41 bits per heavy atom. The molecule has 1 aromatic rings. The second-order valence-corrected chi connectivity index (χ2v) is 5.60. The number of nitrogens with one attached hydrogen (secondary N) is 2. The van der Waals surface area contributed by atoms with Crippen molar-refractivity contribution in [1.29, 1.82) is 0 Å². The van der Waals surface area contributed by atoms with Gasteiger partial charge in [-0.2, -0.15) is 0 Å². The zero-order valence-corrected chi connectivity index (χ0v) is 11.5. The summed E-state index contributed by atoms with van der Waals surface area (Å²) >= 11 is 0. The van der Waals surface area contributed by atoms with Crippen LogP contribution in [-0.2, 0) is 10.8 Å². The Bertz CT molecular complexity index is 371. The van der Waals surface area contributed by atoms with Crippen molar-refractivity contribution in [2.24, 2.45) is 0 Å². The Kier molecular flexibility index (Phi) is 5.97. The molecule has 1 rings (SSSR count). The largest absolute Gasteiger partial charge is 0.370 e. The van der Waals surface area contributed by atoms with Gasteiger partial charge in [-0.1, -0.05) is 6.07 Å². The van der Waals surface area contributed by atoms with E-state index < -0.39 is 10.8 Å². The number of hydrogen-bond donors (Lipinski definition) is 2. The highest BCUT2D eigenvalue weighted by Crippen LogP contribution is 2.11. The first-order chi connectivity index (χ1) is 8.11. The van der Waals surface area contributed by atoms with Crippen molar-refractivity contribution < 1.29 is 4.21 Å². The Labute approximate surface area is 106 Å². The maximum atomic E-state index is 11.0. The van der Waals surface area contributed by atoms with E-state index in [1.54, 1.807) is 6.26 Å². The summed E-state index contributed by atoms with van der Waals surface area (Å²) in [5.74, 6) is 2.46. The van der Waals surface area contributed by atoms with Gasteiger partial charge in [0.05, 0.1) is 0 Å². The molecule has 0 saturated carbocycles. The predicted molar refractivity (Wildman–Crippen MR) is 75.0 cm³/mol. The average Bonchev–Trinajstić information content (AvgIpc) is 2.27. The third kappa shape index (κ3) is 5.68. The number of aromatic nitrogens is 1. The maximum Gasteiger partial charge on any atom is 0.128 e. The summed E-state index contributed by atoms with van der Waals surface area (Å²) in [6.45, 7) is 4.98. The van der Waals surface area contributed by atoms with Gasteiger partial charge in [0.1, 0.15) is 11.6 Å². The first kappa shape index (κ1) is 14.0. The molecule has 0 aliphatic heterocycles. The van der Waals surface area contributed by atoms with Gasteiger partial charge >= 0.3 is 0 Å².